The van der Waals surface area contributed by atoms with Gasteiger partial charge in [0.25, 0.3) is 0 Å². The number of aliphatic hydroxyl groups is 3. The number of unbranched alkanes of at least 4 members (excludes halogenated alkanes) is 29. The number of hydrogen-bond donors (Lipinski definition) is 4. The fourth-order valence-corrected chi connectivity index (χ4v) is 7.16. The molecule has 0 aromatic rings. The van der Waals surface area contributed by atoms with Crippen molar-refractivity contribution in [3.05, 3.63) is 48.6 Å². The van der Waals surface area contributed by atoms with Crippen LogP contribution in [0.25, 0.3) is 0 Å². The molecule has 0 aromatic carbocycles. The number of amides is 1. The van der Waals surface area contributed by atoms with Gasteiger partial charge >= 0.3 is 0 Å². The fraction of sp³-hybridized carbons (Fsp3) is 0.820. The quantitative estimate of drug-likeness (QED) is 0.0367. The molecule has 1 amide bonds. The van der Waals surface area contributed by atoms with E-state index in [1.54, 1.807) is 6.08 Å². The summed E-state index contributed by atoms with van der Waals surface area (Å²) < 4.78 is 0. The van der Waals surface area contributed by atoms with Gasteiger partial charge < -0.3 is 20.6 Å². The highest BCUT2D eigenvalue weighted by atomic mass is 16.3. The van der Waals surface area contributed by atoms with Crippen molar-refractivity contribution in [3.63, 3.8) is 0 Å². The van der Waals surface area contributed by atoms with Crippen molar-refractivity contribution in [2.45, 2.75) is 257 Å². The molecule has 0 aliphatic rings. The highest BCUT2D eigenvalue weighted by molar-refractivity contribution is 5.80. The second-order valence-electron chi connectivity index (χ2n) is 16.3. The number of aliphatic hydroxyl groups excluding tert-OH is 3. The average Bonchev–Trinajstić information content (AvgIpc) is 3.19. The van der Waals surface area contributed by atoms with E-state index in [4.69, 9.17) is 0 Å². The molecule has 4 N–H and O–H groups in total. The number of rotatable bonds is 43. The fourth-order valence-electron chi connectivity index (χ4n) is 7.16. The summed E-state index contributed by atoms with van der Waals surface area (Å²) in [6, 6.07) is -0.819. The van der Waals surface area contributed by atoms with E-state index in [9.17, 15) is 20.1 Å². The van der Waals surface area contributed by atoms with Gasteiger partial charge in [0.1, 0.15) is 6.10 Å². The van der Waals surface area contributed by atoms with Crippen molar-refractivity contribution in [1.29, 1.82) is 0 Å². The molecule has 0 saturated carbocycles. The summed E-state index contributed by atoms with van der Waals surface area (Å²) in [5, 5.41) is 33.0. The van der Waals surface area contributed by atoms with E-state index < -0.39 is 24.2 Å². The molecule has 0 spiro atoms. The van der Waals surface area contributed by atoms with Crippen molar-refractivity contribution in [1.82, 2.24) is 5.32 Å². The Balaban J connectivity index is 3.52. The summed E-state index contributed by atoms with van der Waals surface area (Å²) in [4.78, 5) is 12.4. The molecule has 0 fully saturated rings. The Bertz CT molecular complexity index is 896. The minimum Gasteiger partial charge on any atom is -0.394 e. The lowest BCUT2D eigenvalue weighted by Gasteiger charge is -2.21. The van der Waals surface area contributed by atoms with Gasteiger partial charge in [-0.25, -0.2) is 0 Å². The van der Waals surface area contributed by atoms with Gasteiger partial charge in [0.2, 0.25) is 5.91 Å². The van der Waals surface area contributed by atoms with E-state index in [0.717, 1.165) is 51.4 Å². The van der Waals surface area contributed by atoms with Crippen molar-refractivity contribution in [2.75, 3.05) is 6.61 Å². The van der Waals surface area contributed by atoms with Gasteiger partial charge in [0.05, 0.1) is 18.8 Å². The van der Waals surface area contributed by atoms with Crippen molar-refractivity contribution >= 4 is 5.91 Å². The third-order valence-corrected chi connectivity index (χ3v) is 10.9. The van der Waals surface area contributed by atoms with Crippen LogP contribution in [0.1, 0.15) is 239 Å². The maximum Gasteiger partial charge on any atom is 0.249 e. The third kappa shape index (κ3) is 40.3. The SMILES string of the molecule is CC/C=C/CC/C=C/CC/C=C/C(O)C(CO)NC(=O)C(O)CCCCCCCCCCCCCCCCC/C=C\CCCCCCCCCCCCCC. The first-order chi connectivity index (χ1) is 27.1. The van der Waals surface area contributed by atoms with Gasteiger partial charge in [0, 0.05) is 0 Å². The summed E-state index contributed by atoms with van der Waals surface area (Å²) in [5.74, 6) is -0.519. The van der Waals surface area contributed by atoms with Crippen LogP contribution in [0.5, 0.6) is 0 Å². The molecule has 0 aliphatic heterocycles. The standard InChI is InChI=1S/C50H93NO4/c1-3-5-7-9-11-13-15-16-17-18-19-20-21-22-23-24-25-26-27-28-29-30-31-32-33-34-35-37-39-41-43-45-49(54)50(55)51-47(46-52)48(53)44-42-40-38-36-14-12-10-8-6-4-2/h6,8,14,22-23,36,42,44,47-49,52-54H,3-5,7,9-13,15-21,24-35,37-41,43,45-46H2,1-2H3,(H,51,55)/b8-6+,23-22-,36-14+,44-42+. The van der Waals surface area contributed by atoms with Crippen LogP contribution in [0.4, 0.5) is 0 Å². The second kappa shape index (κ2) is 45.0. The number of carbonyl (C=O) groups is 1. The maximum absolute atomic E-state index is 12.4. The molecule has 5 nitrogen and oxygen atoms in total. The lowest BCUT2D eigenvalue weighted by Crippen LogP contribution is -2.48. The lowest BCUT2D eigenvalue weighted by atomic mass is 10.0. The normalized spacial score (nSPS) is 13.9. The molecule has 0 heterocycles. The molecule has 0 saturated heterocycles. The van der Waals surface area contributed by atoms with Crippen LogP contribution >= 0.6 is 0 Å². The molecule has 0 aliphatic carbocycles. The van der Waals surface area contributed by atoms with E-state index >= 15 is 0 Å². The number of carbonyl (C=O) groups excluding carboxylic acids is 1. The zero-order valence-corrected chi connectivity index (χ0v) is 36.6. The van der Waals surface area contributed by atoms with E-state index in [-0.39, 0.29) is 6.61 Å². The van der Waals surface area contributed by atoms with Crippen molar-refractivity contribution < 1.29 is 20.1 Å². The highest BCUT2D eigenvalue weighted by Crippen LogP contribution is 2.16. The van der Waals surface area contributed by atoms with Crippen LogP contribution in [-0.2, 0) is 4.79 Å². The Labute approximate surface area is 342 Å². The average molecular weight is 772 g/mol. The molecule has 322 valence electrons. The Morgan fingerprint density at radius 1 is 0.455 bits per heavy atom. The molecule has 55 heavy (non-hydrogen) atoms. The first-order valence-corrected chi connectivity index (χ1v) is 24.0. The topological polar surface area (TPSA) is 89.8 Å². The van der Waals surface area contributed by atoms with Gasteiger partial charge in [0.15, 0.2) is 0 Å². The van der Waals surface area contributed by atoms with Gasteiger partial charge in [-0.05, 0) is 64.2 Å². The molecular weight excluding hydrogens is 679 g/mol. The van der Waals surface area contributed by atoms with Crippen LogP contribution in [-0.4, -0.2) is 46.1 Å². The second-order valence-corrected chi connectivity index (χ2v) is 16.3. The first-order valence-electron chi connectivity index (χ1n) is 24.0. The molecule has 3 unspecified atom stereocenters. The lowest BCUT2D eigenvalue weighted by molar-refractivity contribution is -0.131. The third-order valence-electron chi connectivity index (χ3n) is 10.9. The molecule has 0 aromatic heterocycles. The van der Waals surface area contributed by atoms with Gasteiger partial charge in [-0.3, -0.25) is 4.79 Å². The van der Waals surface area contributed by atoms with Gasteiger partial charge in [-0.15, -0.1) is 0 Å². The van der Waals surface area contributed by atoms with E-state index in [2.05, 4.69) is 55.6 Å². The molecule has 5 heteroatoms. The Kier molecular flexibility index (Phi) is 43.6. The Morgan fingerprint density at radius 2 is 0.800 bits per heavy atom. The monoisotopic (exact) mass is 772 g/mol. The van der Waals surface area contributed by atoms with Gasteiger partial charge in [-0.1, -0.05) is 223 Å². The summed E-state index contributed by atoms with van der Waals surface area (Å²) in [7, 11) is 0. The number of allylic oxidation sites excluding steroid dienone is 7. The van der Waals surface area contributed by atoms with Crippen LogP contribution in [0.15, 0.2) is 48.6 Å². The van der Waals surface area contributed by atoms with Crippen molar-refractivity contribution in [3.8, 4) is 0 Å². The van der Waals surface area contributed by atoms with Gasteiger partial charge in [-0.2, -0.15) is 0 Å². The minimum atomic E-state index is -1.11. The summed E-state index contributed by atoms with van der Waals surface area (Å²) in [5.41, 5.74) is 0. The predicted octanol–water partition coefficient (Wildman–Crippen LogP) is 14.1. The predicted molar refractivity (Wildman–Crippen MR) is 241 cm³/mol. The maximum atomic E-state index is 12.4. The van der Waals surface area contributed by atoms with E-state index in [0.29, 0.717) is 6.42 Å². The number of nitrogens with one attached hydrogen (secondary N) is 1. The smallest absolute Gasteiger partial charge is 0.249 e. The van der Waals surface area contributed by atoms with E-state index in [1.165, 1.54) is 167 Å². The molecule has 0 bridgehead atoms. The summed E-state index contributed by atoms with van der Waals surface area (Å²) in [6.07, 6.45) is 59.0. The Hall–Kier alpha value is -1.69. The van der Waals surface area contributed by atoms with Crippen LogP contribution in [0, 0.1) is 0 Å². The van der Waals surface area contributed by atoms with Crippen molar-refractivity contribution in [2.24, 2.45) is 0 Å². The molecular formula is C50H93NO4. The van der Waals surface area contributed by atoms with Crippen LogP contribution in [0.2, 0.25) is 0 Å². The number of hydrogen-bond acceptors (Lipinski definition) is 4. The largest absolute Gasteiger partial charge is 0.394 e. The Morgan fingerprint density at radius 3 is 1.20 bits per heavy atom. The zero-order valence-electron chi connectivity index (χ0n) is 36.6. The van der Waals surface area contributed by atoms with Crippen LogP contribution < -0.4 is 5.32 Å². The highest BCUT2D eigenvalue weighted by Gasteiger charge is 2.22. The zero-order chi connectivity index (χ0) is 40.1. The molecule has 0 rings (SSSR count). The summed E-state index contributed by atoms with van der Waals surface area (Å²) >= 11 is 0. The van der Waals surface area contributed by atoms with E-state index in [1.807, 2.05) is 6.08 Å². The molecule has 0 radical (unpaired) electrons. The van der Waals surface area contributed by atoms with Crippen LogP contribution in [0.3, 0.4) is 0 Å². The first kappa shape index (κ1) is 53.3. The summed E-state index contributed by atoms with van der Waals surface area (Å²) in [6.45, 7) is 4.05. The molecule has 3 atom stereocenters. The minimum absolute atomic E-state index is 0.382.